The molecular weight excluding hydrogens is 342 g/mol. The van der Waals surface area contributed by atoms with Crippen molar-refractivity contribution in [3.8, 4) is 0 Å². The first-order valence-corrected chi connectivity index (χ1v) is 9.28. The normalized spacial score (nSPS) is 18.4. The van der Waals surface area contributed by atoms with Gasteiger partial charge in [-0.05, 0) is 59.7 Å². The molecule has 1 saturated heterocycles. The zero-order chi connectivity index (χ0) is 19.8. The van der Waals surface area contributed by atoms with Crippen LogP contribution in [0.4, 0.5) is 0 Å². The van der Waals surface area contributed by atoms with Crippen molar-refractivity contribution in [2.24, 2.45) is 5.10 Å². The highest BCUT2D eigenvalue weighted by molar-refractivity contribution is 5.94. The second-order valence-corrected chi connectivity index (χ2v) is 8.72. The molecule has 3 heterocycles. The van der Waals surface area contributed by atoms with Crippen LogP contribution >= 0.6 is 0 Å². The van der Waals surface area contributed by atoms with E-state index in [0.717, 1.165) is 29.9 Å². The molecule has 7 heteroatoms. The molecule has 0 atom stereocenters. The molecule has 1 aliphatic heterocycles. The van der Waals surface area contributed by atoms with Gasteiger partial charge in [0.2, 0.25) is 0 Å². The highest BCUT2D eigenvalue weighted by atomic mass is 16.4. The summed E-state index contributed by atoms with van der Waals surface area (Å²) >= 11 is 0. The van der Waals surface area contributed by atoms with Crippen molar-refractivity contribution in [2.45, 2.75) is 72.0 Å². The van der Waals surface area contributed by atoms with E-state index >= 15 is 0 Å². The molecule has 0 aromatic carbocycles. The van der Waals surface area contributed by atoms with Crippen molar-refractivity contribution in [3.63, 3.8) is 0 Å². The fourth-order valence-corrected chi connectivity index (χ4v) is 3.92. The largest absolute Gasteiger partial charge is 0.454 e. The molecule has 7 nitrogen and oxygen atoms in total. The van der Waals surface area contributed by atoms with Crippen molar-refractivity contribution in [3.05, 3.63) is 41.1 Å². The molecular formula is C20H29N5O2. The maximum atomic E-state index is 12.4. The molecule has 146 valence electrons. The second kappa shape index (κ2) is 6.96. The molecule has 0 bridgehead atoms. The fraction of sp³-hybridized carbons (Fsp3) is 0.550. The van der Waals surface area contributed by atoms with Crippen LogP contribution in [0.1, 0.15) is 68.2 Å². The van der Waals surface area contributed by atoms with Crippen LogP contribution in [0.25, 0.3) is 0 Å². The van der Waals surface area contributed by atoms with Gasteiger partial charge in [-0.1, -0.05) is 0 Å². The maximum absolute atomic E-state index is 12.4. The zero-order valence-electron chi connectivity index (χ0n) is 17.0. The molecule has 0 spiro atoms. The number of furan rings is 1. The lowest BCUT2D eigenvalue weighted by Crippen LogP contribution is -2.58. The van der Waals surface area contributed by atoms with Gasteiger partial charge in [-0.15, -0.1) is 0 Å². The zero-order valence-corrected chi connectivity index (χ0v) is 17.0. The lowest BCUT2D eigenvalue weighted by molar-refractivity contribution is 0.0924. The Balaban J connectivity index is 1.65. The van der Waals surface area contributed by atoms with Crippen LogP contribution < -0.4 is 10.7 Å². The quantitative estimate of drug-likeness (QED) is 0.809. The Hall–Kier alpha value is -2.41. The third-order valence-electron chi connectivity index (χ3n) is 4.58. The minimum Gasteiger partial charge on any atom is -0.454 e. The van der Waals surface area contributed by atoms with Gasteiger partial charge in [0.1, 0.15) is 5.76 Å². The van der Waals surface area contributed by atoms with Gasteiger partial charge in [0.25, 0.3) is 0 Å². The molecule has 0 radical (unpaired) electrons. The van der Waals surface area contributed by atoms with Gasteiger partial charge in [-0.2, -0.15) is 10.2 Å². The second-order valence-electron chi connectivity index (χ2n) is 8.72. The van der Waals surface area contributed by atoms with Crippen molar-refractivity contribution >= 4 is 11.6 Å². The first-order chi connectivity index (χ1) is 12.5. The van der Waals surface area contributed by atoms with Crippen molar-refractivity contribution < 1.29 is 9.21 Å². The number of amides is 1. The highest BCUT2D eigenvalue weighted by Gasteiger charge is 2.35. The van der Waals surface area contributed by atoms with Gasteiger partial charge in [0.05, 0.1) is 12.2 Å². The lowest BCUT2D eigenvalue weighted by Gasteiger charge is -2.43. The Kier molecular flexibility index (Phi) is 4.99. The summed E-state index contributed by atoms with van der Waals surface area (Å²) in [7, 11) is 0. The van der Waals surface area contributed by atoms with Gasteiger partial charge in [-0.3, -0.25) is 9.48 Å². The van der Waals surface area contributed by atoms with Gasteiger partial charge < -0.3 is 9.73 Å². The van der Waals surface area contributed by atoms with Crippen LogP contribution in [0.15, 0.2) is 27.7 Å². The molecule has 0 unspecified atom stereocenters. The smallest absolute Gasteiger partial charge is 0.307 e. The predicted molar refractivity (Wildman–Crippen MR) is 105 cm³/mol. The molecule has 1 amide bonds. The number of piperidine rings is 1. The van der Waals surface area contributed by atoms with Crippen LogP contribution in [-0.4, -0.2) is 32.5 Å². The number of hydrogen-bond acceptors (Lipinski definition) is 5. The Bertz CT molecular complexity index is 855. The van der Waals surface area contributed by atoms with E-state index in [1.165, 1.54) is 0 Å². The Morgan fingerprint density at radius 1 is 1.26 bits per heavy atom. The molecule has 2 aromatic rings. The van der Waals surface area contributed by atoms with E-state index in [1.54, 1.807) is 12.1 Å². The summed E-state index contributed by atoms with van der Waals surface area (Å²) in [6, 6.07) is 5.48. The molecule has 1 aliphatic rings. The number of hydrazone groups is 1. The van der Waals surface area contributed by atoms with Gasteiger partial charge >= 0.3 is 5.91 Å². The van der Waals surface area contributed by atoms with E-state index in [1.807, 2.05) is 24.6 Å². The average Bonchev–Trinajstić information content (AvgIpc) is 3.09. The number of carbonyl (C=O) groups excluding carboxylic acids is 1. The molecule has 1 fully saturated rings. The summed E-state index contributed by atoms with van der Waals surface area (Å²) in [6.45, 7) is 13.0. The van der Waals surface area contributed by atoms with Gasteiger partial charge in [0.15, 0.2) is 5.76 Å². The number of aromatic nitrogens is 2. The predicted octanol–water partition coefficient (Wildman–Crippen LogP) is 3.17. The molecule has 2 aromatic heterocycles. The van der Waals surface area contributed by atoms with Crippen LogP contribution in [0.2, 0.25) is 0 Å². The molecule has 27 heavy (non-hydrogen) atoms. The fourth-order valence-electron chi connectivity index (χ4n) is 3.92. The summed E-state index contributed by atoms with van der Waals surface area (Å²) in [5, 5.41) is 12.4. The first kappa shape index (κ1) is 19.4. The highest BCUT2D eigenvalue weighted by Crippen LogP contribution is 2.26. The standard InChI is InChI=1S/C20H29N5O2/c1-13-9-14(2)25(23-13)12-16-7-8-17(27-16)18(26)22-21-15-10-19(3,4)24-20(5,6)11-15/h7-9,24H,10-12H2,1-6H3,(H,22,26). The molecule has 0 aliphatic carbocycles. The first-order valence-electron chi connectivity index (χ1n) is 9.28. The summed E-state index contributed by atoms with van der Waals surface area (Å²) in [5.74, 6) is 0.600. The SMILES string of the molecule is Cc1cc(C)n(Cc2ccc(C(=O)NN=C3CC(C)(C)NC(C)(C)C3)o2)n1. The summed E-state index contributed by atoms with van der Waals surface area (Å²) in [6.07, 6.45) is 1.58. The minimum absolute atomic E-state index is 0.0527. The molecule has 3 rings (SSSR count). The van der Waals surface area contributed by atoms with Crippen LogP contribution in [-0.2, 0) is 6.54 Å². The monoisotopic (exact) mass is 371 g/mol. The van der Waals surface area contributed by atoms with Crippen LogP contribution in [0.3, 0.4) is 0 Å². The number of hydrogen-bond donors (Lipinski definition) is 2. The van der Waals surface area contributed by atoms with Crippen LogP contribution in [0, 0.1) is 13.8 Å². The molecule has 0 saturated carbocycles. The summed E-state index contributed by atoms with van der Waals surface area (Å²) in [4.78, 5) is 12.4. The topological polar surface area (TPSA) is 84.5 Å². The number of rotatable bonds is 4. The Morgan fingerprint density at radius 3 is 2.52 bits per heavy atom. The summed E-state index contributed by atoms with van der Waals surface area (Å²) in [5.41, 5.74) is 5.53. The Labute approximate surface area is 160 Å². The van der Waals surface area contributed by atoms with E-state index in [2.05, 4.69) is 48.6 Å². The van der Waals surface area contributed by atoms with Crippen molar-refractivity contribution in [1.29, 1.82) is 0 Å². The number of nitrogens with one attached hydrogen (secondary N) is 2. The number of nitrogens with zero attached hydrogens (tertiary/aromatic N) is 3. The average molecular weight is 371 g/mol. The number of carbonyl (C=O) groups is 1. The number of aryl methyl sites for hydroxylation is 2. The maximum Gasteiger partial charge on any atom is 0.307 e. The van der Waals surface area contributed by atoms with E-state index in [9.17, 15) is 4.79 Å². The third kappa shape index (κ3) is 4.86. The van der Waals surface area contributed by atoms with Crippen molar-refractivity contribution in [1.82, 2.24) is 20.5 Å². The van der Waals surface area contributed by atoms with E-state index < -0.39 is 0 Å². The molecule has 2 N–H and O–H groups in total. The van der Waals surface area contributed by atoms with E-state index in [4.69, 9.17) is 4.42 Å². The van der Waals surface area contributed by atoms with Gasteiger partial charge in [0, 0.05) is 35.3 Å². The third-order valence-corrected chi connectivity index (χ3v) is 4.58. The van der Waals surface area contributed by atoms with Crippen molar-refractivity contribution in [2.75, 3.05) is 0 Å². The minimum atomic E-state index is -0.337. The summed E-state index contributed by atoms with van der Waals surface area (Å²) < 4.78 is 7.54. The van der Waals surface area contributed by atoms with E-state index in [-0.39, 0.29) is 22.7 Å². The van der Waals surface area contributed by atoms with Gasteiger partial charge in [-0.25, -0.2) is 5.43 Å². The van der Waals surface area contributed by atoms with Crippen LogP contribution in [0.5, 0.6) is 0 Å². The van der Waals surface area contributed by atoms with E-state index in [0.29, 0.717) is 12.3 Å². The Morgan fingerprint density at radius 2 is 1.93 bits per heavy atom. The lowest BCUT2D eigenvalue weighted by atomic mass is 9.81.